The molecule has 0 unspecified atom stereocenters. The molecule has 0 aliphatic heterocycles. The summed E-state index contributed by atoms with van der Waals surface area (Å²) < 4.78 is 0. The van der Waals surface area contributed by atoms with Gasteiger partial charge in [0.1, 0.15) is 5.78 Å². The van der Waals surface area contributed by atoms with E-state index in [-0.39, 0.29) is 30.9 Å². The molecule has 2 aromatic rings. The SMILES string of the molecule is Cc1ccccc1CC(=O)CCCNc1c(Cl)c(Cl)c(Cl)c(Cl)c1Cl. The Balaban J connectivity index is 1.90. The van der Waals surface area contributed by atoms with Crippen molar-refractivity contribution in [2.75, 3.05) is 11.9 Å². The topological polar surface area (TPSA) is 29.1 Å². The smallest absolute Gasteiger partial charge is 0.137 e. The standard InChI is InChI=1S/C18H16Cl5NO/c1-10-5-2-3-6-11(10)9-12(25)7-4-8-24-18-16(22)14(20)13(19)15(21)17(18)23/h2-3,5-6,24H,4,7-9H2,1H3. The van der Waals surface area contributed by atoms with Gasteiger partial charge in [-0.05, 0) is 24.5 Å². The molecule has 0 aromatic heterocycles. The van der Waals surface area contributed by atoms with Crippen molar-refractivity contribution in [3.8, 4) is 0 Å². The molecule has 0 saturated carbocycles. The molecular weight excluding hydrogens is 423 g/mol. The highest BCUT2D eigenvalue weighted by molar-refractivity contribution is 6.56. The maximum absolute atomic E-state index is 12.1. The third-order valence-corrected chi connectivity index (χ3v) is 6.07. The molecule has 0 fully saturated rings. The molecule has 7 heteroatoms. The van der Waals surface area contributed by atoms with E-state index in [0.29, 0.717) is 31.5 Å². The Morgan fingerprint density at radius 2 is 1.48 bits per heavy atom. The van der Waals surface area contributed by atoms with Crippen molar-refractivity contribution in [3.05, 3.63) is 60.5 Å². The zero-order valence-electron chi connectivity index (χ0n) is 13.4. The lowest BCUT2D eigenvalue weighted by Crippen LogP contribution is -2.09. The number of anilines is 1. The number of rotatable bonds is 7. The van der Waals surface area contributed by atoms with Gasteiger partial charge >= 0.3 is 0 Å². The fourth-order valence-corrected chi connectivity index (χ4v) is 3.64. The lowest BCUT2D eigenvalue weighted by molar-refractivity contribution is -0.118. The van der Waals surface area contributed by atoms with Gasteiger partial charge in [0.2, 0.25) is 0 Å². The van der Waals surface area contributed by atoms with Gasteiger partial charge in [-0.2, -0.15) is 0 Å². The molecule has 0 spiro atoms. The largest absolute Gasteiger partial charge is 0.383 e. The van der Waals surface area contributed by atoms with Gasteiger partial charge in [0.15, 0.2) is 0 Å². The van der Waals surface area contributed by atoms with Crippen LogP contribution < -0.4 is 5.32 Å². The third-order valence-electron chi connectivity index (χ3n) is 3.79. The highest BCUT2D eigenvalue weighted by Gasteiger charge is 2.19. The maximum atomic E-state index is 12.1. The molecule has 0 atom stereocenters. The summed E-state index contributed by atoms with van der Waals surface area (Å²) in [5, 5.41) is 3.93. The number of halogens is 5. The predicted molar refractivity (Wildman–Crippen MR) is 109 cm³/mol. The highest BCUT2D eigenvalue weighted by atomic mass is 35.5. The minimum Gasteiger partial charge on any atom is -0.383 e. The summed E-state index contributed by atoms with van der Waals surface area (Å²) >= 11 is 30.3. The normalized spacial score (nSPS) is 10.8. The van der Waals surface area contributed by atoms with Gasteiger partial charge in [-0.1, -0.05) is 82.3 Å². The van der Waals surface area contributed by atoms with Crippen LogP contribution in [0, 0.1) is 6.92 Å². The molecule has 0 bridgehead atoms. The summed E-state index contributed by atoms with van der Waals surface area (Å²) in [6, 6.07) is 7.88. The molecule has 1 N–H and O–H groups in total. The molecule has 0 amide bonds. The summed E-state index contributed by atoms with van der Waals surface area (Å²) in [5.74, 6) is 0.181. The Morgan fingerprint density at radius 1 is 0.920 bits per heavy atom. The number of carbonyl (C=O) groups excluding carboxylic acids is 1. The van der Waals surface area contributed by atoms with Gasteiger partial charge in [-0.15, -0.1) is 0 Å². The summed E-state index contributed by atoms with van der Waals surface area (Å²) in [7, 11) is 0. The second-order valence-corrected chi connectivity index (χ2v) is 7.51. The van der Waals surface area contributed by atoms with Crippen molar-refractivity contribution in [2.45, 2.75) is 26.2 Å². The average molecular weight is 440 g/mol. The Labute approximate surface area is 172 Å². The van der Waals surface area contributed by atoms with E-state index < -0.39 is 0 Å². The van der Waals surface area contributed by atoms with Gasteiger partial charge in [-0.25, -0.2) is 0 Å². The zero-order chi connectivity index (χ0) is 18.6. The van der Waals surface area contributed by atoms with E-state index in [2.05, 4.69) is 5.32 Å². The first-order valence-electron chi connectivity index (χ1n) is 7.64. The van der Waals surface area contributed by atoms with Gasteiger partial charge < -0.3 is 5.32 Å². The van der Waals surface area contributed by atoms with E-state index in [9.17, 15) is 4.79 Å². The Bertz CT molecular complexity index is 762. The first-order valence-corrected chi connectivity index (χ1v) is 9.53. The Morgan fingerprint density at radius 3 is 2.08 bits per heavy atom. The summed E-state index contributed by atoms with van der Waals surface area (Å²) in [6.07, 6.45) is 1.52. The molecule has 0 radical (unpaired) electrons. The van der Waals surface area contributed by atoms with Crippen LogP contribution in [0.1, 0.15) is 24.0 Å². The number of hydrogen-bond donors (Lipinski definition) is 1. The summed E-state index contributed by atoms with van der Waals surface area (Å²) in [5.41, 5.74) is 2.61. The monoisotopic (exact) mass is 437 g/mol. The van der Waals surface area contributed by atoms with E-state index in [1.165, 1.54) is 0 Å². The van der Waals surface area contributed by atoms with E-state index in [0.717, 1.165) is 11.1 Å². The first-order chi connectivity index (χ1) is 11.8. The van der Waals surface area contributed by atoms with Crippen LogP contribution in [0.5, 0.6) is 0 Å². The minimum absolute atomic E-state index is 0.122. The third kappa shape index (κ3) is 5.18. The predicted octanol–water partition coefficient (Wildman–Crippen LogP) is 7.27. The van der Waals surface area contributed by atoms with Crippen molar-refractivity contribution in [1.29, 1.82) is 0 Å². The summed E-state index contributed by atoms with van der Waals surface area (Å²) in [6.45, 7) is 2.51. The zero-order valence-corrected chi connectivity index (χ0v) is 17.2. The number of nitrogens with one attached hydrogen (secondary N) is 1. The van der Waals surface area contributed by atoms with Gasteiger partial charge in [0.05, 0.1) is 30.8 Å². The van der Waals surface area contributed by atoms with E-state index in [4.69, 9.17) is 58.0 Å². The Hall–Kier alpha value is -0.640. The van der Waals surface area contributed by atoms with E-state index >= 15 is 0 Å². The van der Waals surface area contributed by atoms with Crippen LogP contribution in [0.25, 0.3) is 0 Å². The lowest BCUT2D eigenvalue weighted by Gasteiger charge is -2.14. The molecule has 2 nitrogen and oxygen atoms in total. The number of carbonyl (C=O) groups is 1. The molecule has 134 valence electrons. The van der Waals surface area contributed by atoms with Crippen LogP contribution in [-0.2, 0) is 11.2 Å². The molecular formula is C18H16Cl5NO. The highest BCUT2D eigenvalue weighted by Crippen LogP contribution is 2.46. The van der Waals surface area contributed by atoms with Crippen molar-refractivity contribution in [1.82, 2.24) is 0 Å². The van der Waals surface area contributed by atoms with Crippen molar-refractivity contribution < 1.29 is 4.79 Å². The first kappa shape index (κ1) is 20.7. The van der Waals surface area contributed by atoms with Crippen molar-refractivity contribution in [2.24, 2.45) is 0 Å². The molecule has 25 heavy (non-hydrogen) atoms. The molecule has 0 heterocycles. The average Bonchev–Trinajstić information content (AvgIpc) is 2.59. The number of ketones is 1. The summed E-state index contributed by atoms with van der Waals surface area (Å²) in [4.78, 5) is 12.1. The number of benzene rings is 2. The van der Waals surface area contributed by atoms with Crippen LogP contribution in [0.2, 0.25) is 25.1 Å². The molecule has 0 aliphatic carbocycles. The molecule has 0 saturated heterocycles. The van der Waals surface area contributed by atoms with Crippen LogP contribution in [-0.4, -0.2) is 12.3 Å². The van der Waals surface area contributed by atoms with Crippen molar-refractivity contribution in [3.63, 3.8) is 0 Å². The second kappa shape index (κ2) is 9.34. The molecule has 2 rings (SSSR count). The second-order valence-electron chi connectivity index (χ2n) is 5.62. The fourth-order valence-electron chi connectivity index (χ4n) is 2.37. The number of Topliss-reactive ketones (excluding diaryl/α,β-unsaturated/α-hetero) is 1. The fraction of sp³-hybridized carbons (Fsp3) is 0.278. The minimum atomic E-state index is 0.122. The number of aryl methyl sites for hydroxylation is 1. The maximum Gasteiger partial charge on any atom is 0.137 e. The van der Waals surface area contributed by atoms with Crippen LogP contribution in [0.3, 0.4) is 0 Å². The van der Waals surface area contributed by atoms with Crippen molar-refractivity contribution >= 4 is 69.5 Å². The quantitative estimate of drug-likeness (QED) is 0.279. The number of hydrogen-bond acceptors (Lipinski definition) is 2. The van der Waals surface area contributed by atoms with E-state index in [1.54, 1.807) is 0 Å². The Kier molecular flexibility index (Phi) is 7.72. The molecule has 2 aromatic carbocycles. The van der Waals surface area contributed by atoms with Gasteiger partial charge in [0, 0.05) is 19.4 Å². The van der Waals surface area contributed by atoms with Crippen LogP contribution in [0.4, 0.5) is 5.69 Å². The van der Waals surface area contributed by atoms with Crippen LogP contribution in [0.15, 0.2) is 24.3 Å². The van der Waals surface area contributed by atoms with Gasteiger partial charge in [-0.3, -0.25) is 4.79 Å². The lowest BCUT2D eigenvalue weighted by atomic mass is 10.0. The van der Waals surface area contributed by atoms with Gasteiger partial charge in [0.25, 0.3) is 0 Å². The van der Waals surface area contributed by atoms with E-state index in [1.807, 2.05) is 31.2 Å². The van der Waals surface area contributed by atoms with Crippen LogP contribution >= 0.6 is 58.0 Å². The molecule has 0 aliphatic rings.